The standard InChI is InChI=1S/C13H15BrN4/c1-15-8-7-11-12(14)18-10-6-4-3-5-9(10)16-13(18)17(11)2/h3-6,15H,7-8H2,1-2H3. The minimum atomic E-state index is 0.956. The van der Waals surface area contributed by atoms with Crippen molar-refractivity contribution in [1.29, 1.82) is 0 Å². The normalized spacial score (nSPS) is 11.7. The first-order valence-electron chi connectivity index (χ1n) is 5.99. The molecule has 0 aliphatic heterocycles. The van der Waals surface area contributed by atoms with Gasteiger partial charge in [-0.1, -0.05) is 12.1 Å². The average Bonchev–Trinajstić information content (AvgIpc) is 2.86. The summed E-state index contributed by atoms with van der Waals surface area (Å²) in [6, 6.07) is 8.21. The molecule has 94 valence electrons. The minimum Gasteiger partial charge on any atom is -0.319 e. The van der Waals surface area contributed by atoms with Gasteiger partial charge in [-0.2, -0.15) is 0 Å². The van der Waals surface area contributed by atoms with E-state index in [0.29, 0.717) is 0 Å². The van der Waals surface area contributed by atoms with Crippen molar-refractivity contribution >= 4 is 32.7 Å². The van der Waals surface area contributed by atoms with Crippen LogP contribution in [0, 0.1) is 0 Å². The first-order chi connectivity index (χ1) is 8.74. The number of nitrogens with zero attached hydrogens (tertiary/aromatic N) is 3. The Balaban J connectivity index is 2.29. The fourth-order valence-electron chi connectivity index (χ4n) is 2.33. The van der Waals surface area contributed by atoms with Crippen LogP contribution < -0.4 is 5.32 Å². The van der Waals surface area contributed by atoms with Crippen molar-refractivity contribution in [3.8, 4) is 0 Å². The zero-order chi connectivity index (χ0) is 12.7. The highest BCUT2D eigenvalue weighted by Gasteiger charge is 2.16. The van der Waals surface area contributed by atoms with Crippen LogP contribution in [0.1, 0.15) is 5.69 Å². The van der Waals surface area contributed by atoms with Gasteiger partial charge in [0.25, 0.3) is 0 Å². The molecular weight excluding hydrogens is 292 g/mol. The van der Waals surface area contributed by atoms with Gasteiger partial charge in [-0.15, -0.1) is 0 Å². The molecule has 0 saturated carbocycles. The molecule has 5 heteroatoms. The molecule has 3 rings (SSSR count). The molecule has 2 heterocycles. The van der Waals surface area contributed by atoms with Gasteiger partial charge < -0.3 is 9.88 Å². The van der Waals surface area contributed by atoms with E-state index in [0.717, 1.165) is 34.4 Å². The van der Waals surface area contributed by atoms with Crippen molar-refractivity contribution in [1.82, 2.24) is 19.3 Å². The van der Waals surface area contributed by atoms with Gasteiger partial charge in [0, 0.05) is 20.0 Å². The van der Waals surface area contributed by atoms with Gasteiger partial charge in [0.1, 0.15) is 4.60 Å². The SMILES string of the molecule is CNCCc1c(Br)n2c3ccccc3nc2n1C. The van der Waals surface area contributed by atoms with E-state index in [4.69, 9.17) is 0 Å². The van der Waals surface area contributed by atoms with Gasteiger partial charge in [-0.3, -0.25) is 4.40 Å². The lowest BCUT2D eigenvalue weighted by atomic mass is 10.3. The highest BCUT2D eigenvalue weighted by Crippen LogP contribution is 2.27. The number of likely N-dealkylation sites (N-methyl/N-ethyl adjacent to an activating group) is 1. The highest BCUT2D eigenvalue weighted by molar-refractivity contribution is 9.10. The summed E-state index contributed by atoms with van der Waals surface area (Å²) in [5.74, 6) is 0.981. The van der Waals surface area contributed by atoms with Crippen LogP contribution in [0.3, 0.4) is 0 Å². The second kappa shape index (κ2) is 4.40. The van der Waals surface area contributed by atoms with Gasteiger partial charge in [0.2, 0.25) is 5.78 Å². The van der Waals surface area contributed by atoms with E-state index in [2.05, 4.69) is 48.3 Å². The van der Waals surface area contributed by atoms with E-state index in [9.17, 15) is 0 Å². The van der Waals surface area contributed by atoms with Crippen molar-refractivity contribution in [3.05, 3.63) is 34.6 Å². The maximum Gasteiger partial charge on any atom is 0.215 e. The molecule has 1 aromatic carbocycles. The molecule has 0 spiro atoms. The Hall–Kier alpha value is -1.33. The quantitative estimate of drug-likeness (QED) is 0.806. The molecule has 0 saturated heterocycles. The molecule has 0 aliphatic carbocycles. The Kier molecular flexibility index (Phi) is 2.87. The third-order valence-corrected chi connectivity index (χ3v) is 4.11. The van der Waals surface area contributed by atoms with Crippen LogP contribution >= 0.6 is 15.9 Å². The monoisotopic (exact) mass is 306 g/mol. The van der Waals surface area contributed by atoms with Crippen LogP contribution in [-0.2, 0) is 13.5 Å². The van der Waals surface area contributed by atoms with Crippen molar-refractivity contribution < 1.29 is 0 Å². The number of hydrogen-bond donors (Lipinski definition) is 1. The topological polar surface area (TPSA) is 34.3 Å². The second-order valence-corrected chi connectivity index (χ2v) is 5.14. The zero-order valence-electron chi connectivity index (χ0n) is 10.4. The Morgan fingerprint density at radius 2 is 2.11 bits per heavy atom. The maximum atomic E-state index is 4.68. The predicted octanol–water partition coefficient (Wildman–Crippen LogP) is 2.35. The number of para-hydroxylation sites is 2. The second-order valence-electron chi connectivity index (χ2n) is 4.39. The molecule has 2 aromatic heterocycles. The van der Waals surface area contributed by atoms with E-state index in [1.165, 1.54) is 5.69 Å². The fourth-order valence-corrected chi connectivity index (χ4v) is 3.15. The summed E-state index contributed by atoms with van der Waals surface area (Å²) in [6.07, 6.45) is 0.977. The van der Waals surface area contributed by atoms with E-state index in [1.807, 2.05) is 25.2 Å². The predicted molar refractivity (Wildman–Crippen MR) is 77.0 cm³/mol. The lowest BCUT2D eigenvalue weighted by molar-refractivity contribution is 0.741. The lowest BCUT2D eigenvalue weighted by Gasteiger charge is -2.02. The highest BCUT2D eigenvalue weighted by atomic mass is 79.9. The van der Waals surface area contributed by atoms with Crippen LogP contribution in [0.4, 0.5) is 0 Å². The van der Waals surface area contributed by atoms with Gasteiger partial charge >= 0.3 is 0 Å². The molecule has 0 aliphatic rings. The molecule has 0 unspecified atom stereocenters. The Bertz CT molecular complexity index is 710. The number of fused-ring (bicyclic) bond motifs is 3. The fraction of sp³-hybridized carbons (Fsp3) is 0.308. The van der Waals surface area contributed by atoms with E-state index >= 15 is 0 Å². The smallest absolute Gasteiger partial charge is 0.215 e. The summed E-state index contributed by atoms with van der Waals surface area (Å²) in [6.45, 7) is 0.956. The molecule has 18 heavy (non-hydrogen) atoms. The number of rotatable bonds is 3. The lowest BCUT2D eigenvalue weighted by Crippen LogP contribution is -2.12. The molecule has 3 aromatic rings. The van der Waals surface area contributed by atoms with E-state index in [-0.39, 0.29) is 0 Å². The third-order valence-electron chi connectivity index (χ3n) is 3.29. The first-order valence-corrected chi connectivity index (χ1v) is 6.78. The summed E-state index contributed by atoms with van der Waals surface area (Å²) in [5, 5.41) is 3.18. The number of aromatic nitrogens is 3. The number of hydrogen-bond acceptors (Lipinski definition) is 2. The number of aryl methyl sites for hydroxylation is 1. The third kappa shape index (κ3) is 1.58. The Labute approximate surface area is 114 Å². The van der Waals surface area contributed by atoms with Crippen LogP contribution in [0.25, 0.3) is 16.8 Å². The summed E-state index contributed by atoms with van der Waals surface area (Å²) < 4.78 is 5.42. The molecule has 0 amide bonds. The molecule has 0 atom stereocenters. The minimum absolute atomic E-state index is 0.956. The molecular formula is C13H15BrN4. The van der Waals surface area contributed by atoms with E-state index in [1.54, 1.807) is 0 Å². The number of benzene rings is 1. The average molecular weight is 307 g/mol. The summed E-state index contributed by atoms with van der Waals surface area (Å²) in [5.41, 5.74) is 3.44. The molecule has 0 bridgehead atoms. The Morgan fingerprint density at radius 1 is 1.33 bits per heavy atom. The van der Waals surface area contributed by atoms with Crippen LogP contribution in [0.15, 0.2) is 28.9 Å². The van der Waals surface area contributed by atoms with Crippen molar-refractivity contribution in [2.24, 2.45) is 7.05 Å². The van der Waals surface area contributed by atoms with Crippen LogP contribution in [-0.4, -0.2) is 27.5 Å². The number of imidazole rings is 2. The van der Waals surface area contributed by atoms with E-state index < -0.39 is 0 Å². The molecule has 1 N–H and O–H groups in total. The van der Waals surface area contributed by atoms with Gasteiger partial charge in [0.15, 0.2) is 0 Å². The van der Waals surface area contributed by atoms with Gasteiger partial charge in [0.05, 0.1) is 16.7 Å². The van der Waals surface area contributed by atoms with Crippen molar-refractivity contribution in [3.63, 3.8) is 0 Å². The summed E-state index contributed by atoms with van der Waals surface area (Å²) >= 11 is 3.71. The molecule has 0 radical (unpaired) electrons. The van der Waals surface area contributed by atoms with Gasteiger partial charge in [-0.25, -0.2) is 4.98 Å². The maximum absolute atomic E-state index is 4.68. The number of halogens is 1. The van der Waals surface area contributed by atoms with Crippen molar-refractivity contribution in [2.45, 2.75) is 6.42 Å². The zero-order valence-corrected chi connectivity index (χ0v) is 12.0. The van der Waals surface area contributed by atoms with Crippen molar-refractivity contribution in [2.75, 3.05) is 13.6 Å². The molecule has 4 nitrogen and oxygen atoms in total. The summed E-state index contributed by atoms with van der Waals surface area (Å²) in [4.78, 5) is 4.68. The Morgan fingerprint density at radius 3 is 2.89 bits per heavy atom. The van der Waals surface area contributed by atoms with Crippen LogP contribution in [0.5, 0.6) is 0 Å². The molecule has 0 fully saturated rings. The van der Waals surface area contributed by atoms with Crippen LogP contribution in [0.2, 0.25) is 0 Å². The largest absolute Gasteiger partial charge is 0.319 e. The first kappa shape index (κ1) is 11.7. The van der Waals surface area contributed by atoms with Gasteiger partial charge in [-0.05, 0) is 35.1 Å². The summed E-state index contributed by atoms with van der Waals surface area (Å²) in [7, 11) is 4.04. The number of nitrogens with one attached hydrogen (secondary N) is 1.